The summed E-state index contributed by atoms with van der Waals surface area (Å²) in [6, 6.07) is 13.7. The van der Waals surface area contributed by atoms with Crippen molar-refractivity contribution in [1.29, 1.82) is 5.26 Å². The predicted molar refractivity (Wildman–Crippen MR) is 94.4 cm³/mol. The summed E-state index contributed by atoms with van der Waals surface area (Å²) in [5, 5.41) is 12.3. The normalized spacial score (nSPS) is 12.0. The number of hydrogen-bond donors (Lipinski definition) is 2. The molecule has 0 bridgehead atoms. The molecule has 0 radical (unpaired) electrons. The molecular weight excluding hydrogens is 306 g/mol. The van der Waals surface area contributed by atoms with Crippen molar-refractivity contribution in [3.63, 3.8) is 0 Å². The third-order valence-electron chi connectivity index (χ3n) is 3.56. The Bertz CT molecular complexity index is 786. The van der Waals surface area contributed by atoms with Crippen molar-refractivity contribution < 1.29 is 0 Å². The molecule has 116 valence electrons. The highest BCUT2D eigenvalue weighted by molar-refractivity contribution is 7.98. The van der Waals surface area contributed by atoms with Crippen LogP contribution < -0.4 is 5.32 Å². The lowest BCUT2D eigenvalue weighted by Gasteiger charge is -2.16. The Morgan fingerprint density at radius 2 is 2.17 bits per heavy atom. The summed E-state index contributed by atoms with van der Waals surface area (Å²) < 4.78 is 0. The van der Waals surface area contributed by atoms with Gasteiger partial charge in [0.15, 0.2) is 0 Å². The Morgan fingerprint density at radius 1 is 1.30 bits per heavy atom. The average Bonchev–Trinajstić information content (AvgIpc) is 3.03. The van der Waals surface area contributed by atoms with E-state index in [1.807, 2.05) is 30.3 Å². The summed E-state index contributed by atoms with van der Waals surface area (Å²) in [6.07, 6.45) is 4.60. The molecule has 0 aliphatic rings. The van der Waals surface area contributed by atoms with E-state index in [0.717, 1.165) is 34.8 Å². The number of para-hydroxylation sites is 2. The molecule has 0 spiro atoms. The first-order chi connectivity index (χ1) is 11.3. The van der Waals surface area contributed by atoms with Gasteiger partial charge in [-0.25, -0.2) is 9.97 Å². The Balaban J connectivity index is 1.85. The van der Waals surface area contributed by atoms with E-state index in [4.69, 9.17) is 5.26 Å². The van der Waals surface area contributed by atoms with E-state index in [-0.39, 0.29) is 6.04 Å². The fourth-order valence-corrected chi connectivity index (χ4v) is 2.85. The van der Waals surface area contributed by atoms with Gasteiger partial charge in [0.1, 0.15) is 17.7 Å². The van der Waals surface area contributed by atoms with Crippen LogP contribution in [0.5, 0.6) is 0 Å². The molecule has 1 unspecified atom stereocenters. The third-order valence-corrected chi connectivity index (χ3v) is 4.21. The number of aromatic nitrogens is 3. The number of hydrogen-bond acceptors (Lipinski definition) is 5. The maximum Gasteiger partial charge on any atom is 0.129 e. The zero-order valence-electron chi connectivity index (χ0n) is 12.8. The van der Waals surface area contributed by atoms with Crippen LogP contribution in [0.2, 0.25) is 0 Å². The molecule has 6 heteroatoms. The maximum atomic E-state index is 8.86. The summed E-state index contributed by atoms with van der Waals surface area (Å²) in [5.74, 6) is 2.67. The van der Waals surface area contributed by atoms with Crippen molar-refractivity contribution in [3.8, 4) is 6.07 Å². The van der Waals surface area contributed by atoms with Crippen LogP contribution in [0.4, 0.5) is 5.82 Å². The second-order valence-corrected chi connectivity index (χ2v) is 6.15. The summed E-state index contributed by atoms with van der Waals surface area (Å²) in [7, 11) is 0. The number of aromatic amines is 1. The summed E-state index contributed by atoms with van der Waals surface area (Å²) >= 11 is 1.80. The zero-order valence-corrected chi connectivity index (χ0v) is 13.6. The number of imidazole rings is 1. The Morgan fingerprint density at radius 3 is 2.87 bits per heavy atom. The van der Waals surface area contributed by atoms with Crippen LogP contribution in [0.15, 0.2) is 42.6 Å². The number of H-pyrrole nitrogens is 1. The van der Waals surface area contributed by atoms with E-state index in [0.29, 0.717) is 5.56 Å². The van der Waals surface area contributed by atoms with Crippen LogP contribution in [0.3, 0.4) is 0 Å². The van der Waals surface area contributed by atoms with Crippen LogP contribution in [0.25, 0.3) is 11.0 Å². The minimum atomic E-state index is 0.0512. The molecule has 0 amide bonds. The standard InChI is InChI=1S/C17H17N5S/c1-23-9-8-15(20-16-7-6-12(10-18)11-19-16)17-21-13-4-2-3-5-14(13)22-17/h2-7,11,15H,8-9H2,1H3,(H,19,20)(H,21,22). The lowest BCUT2D eigenvalue weighted by Crippen LogP contribution is -2.14. The highest BCUT2D eigenvalue weighted by atomic mass is 32.2. The van der Waals surface area contributed by atoms with Crippen molar-refractivity contribution in [3.05, 3.63) is 54.0 Å². The maximum absolute atomic E-state index is 8.86. The highest BCUT2D eigenvalue weighted by Gasteiger charge is 2.16. The molecule has 0 fully saturated rings. The zero-order chi connectivity index (χ0) is 16.1. The third kappa shape index (κ3) is 3.63. The summed E-state index contributed by atoms with van der Waals surface area (Å²) in [6.45, 7) is 0. The van der Waals surface area contributed by atoms with Crippen LogP contribution in [0.1, 0.15) is 23.9 Å². The molecule has 1 atom stereocenters. The molecule has 0 aliphatic heterocycles. The number of thioether (sulfide) groups is 1. The van der Waals surface area contributed by atoms with Crippen LogP contribution in [0, 0.1) is 11.3 Å². The first kappa shape index (κ1) is 15.4. The largest absolute Gasteiger partial charge is 0.360 e. The topological polar surface area (TPSA) is 77.4 Å². The van der Waals surface area contributed by atoms with Crippen molar-refractivity contribution in [1.82, 2.24) is 15.0 Å². The lowest BCUT2D eigenvalue weighted by molar-refractivity contribution is 0.709. The molecule has 0 aliphatic carbocycles. The number of nitriles is 1. The molecule has 23 heavy (non-hydrogen) atoms. The molecule has 0 saturated carbocycles. The van der Waals surface area contributed by atoms with Gasteiger partial charge in [-0.05, 0) is 42.7 Å². The van der Waals surface area contributed by atoms with Gasteiger partial charge in [0.25, 0.3) is 0 Å². The van der Waals surface area contributed by atoms with Crippen molar-refractivity contribution in [2.75, 3.05) is 17.3 Å². The minimum absolute atomic E-state index is 0.0512. The van der Waals surface area contributed by atoms with Gasteiger partial charge in [-0.15, -0.1) is 0 Å². The monoisotopic (exact) mass is 323 g/mol. The van der Waals surface area contributed by atoms with Crippen LogP contribution in [-0.2, 0) is 0 Å². The molecule has 1 aromatic carbocycles. The molecule has 2 heterocycles. The lowest BCUT2D eigenvalue weighted by atomic mass is 10.2. The number of pyridine rings is 1. The van der Waals surface area contributed by atoms with E-state index in [2.05, 4.69) is 32.6 Å². The van der Waals surface area contributed by atoms with Gasteiger partial charge in [0.05, 0.1) is 22.6 Å². The predicted octanol–water partition coefficient (Wildman–Crippen LogP) is 3.74. The molecule has 5 nitrogen and oxygen atoms in total. The van der Waals surface area contributed by atoms with Gasteiger partial charge >= 0.3 is 0 Å². The van der Waals surface area contributed by atoms with Gasteiger partial charge in [-0.1, -0.05) is 12.1 Å². The number of anilines is 1. The minimum Gasteiger partial charge on any atom is -0.360 e. The number of benzene rings is 1. The van der Waals surface area contributed by atoms with E-state index >= 15 is 0 Å². The Labute approximate surface area is 139 Å². The van der Waals surface area contributed by atoms with E-state index in [1.165, 1.54) is 0 Å². The highest BCUT2D eigenvalue weighted by Crippen LogP contribution is 2.23. The summed E-state index contributed by atoms with van der Waals surface area (Å²) in [5.41, 5.74) is 2.55. The number of rotatable bonds is 6. The number of nitrogens with one attached hydrogen (secondary N) is 2. The smallest absolute Gasteiger partial charge is 0.129 e. The van der Waals surface area contributed by atoms with Gasteiger partial charge < -0.3 is 10.3 Å². The Hall–Kier alpha value is -2.52. The van der Waals surface area contributed by atoms with Crippen molar-refractivity contribution in [2.45, 2.75) is 12.5 Å². The first-order valence-electron chi connectivity index (χ1n) is 7.36. The van der Waals surface area contributed by atoms with Crippen molar-refractivity contribution in [2.24, 2.45) is 0 Å². The average molecular weight is 323 g/mol. The second-order valence-electron chi connectivity index (χ2n) is 5.16. The molecule has 0 saturated heterocycles. The van der Waals surface area contributed by atoms with E-state index < -0.39 is 0 Å². The fraction of sp³-hybridized carbons (Fsp3) is 0.235. The van der Waals surface area contributed by atoms with Gasteiger partial charge in [-0.2, -0.15) is 17.0 Å². The van der Waals surface area contributed by atoms with Gasteiger partial charge in [0, 0.05) is 6.20 Å². The van der Waals surface area contributed by atoms with Gasteiger partial charge in [0.2, 0.25) is 0 Å². The number of nitrogens with zero attached hydrogens (tertiary/aromatic N) is 3. The Kier molecular flexibility index (Phi) is 4.79. The van der Waals surface area contributed by atoms with Crippen LogP contribution >= 0.6 is 11.8 Å². The molecular formula is C17H17N5S. The molecule has 3 rings (SSSR count). The first-order valence-corrected chi connectivity index (χ1v) is 8.76. The molecule has 2 N–H and O–H groups in total. The quantitative estimate of drug-likeness (QED) is 0.722. The van der Waals surface area contributed by atoms with Gasteiger partial charge in [-0.3, -0.25) is 0 Å². The number of fused-ring (bicyclic) bond motifs is 1. The second kappa shape index (κ2) is 7.16. The van der Waals surface area contributed by atoms with Crippen LogP contribution in [-0.4, -0.2) is 27.0 Å². The SMILES string of the molecule is CSCCC(Nc1ccc(C#N)cn1)c1nc2ccccc2[nH]1. The summed E-state index contributed by atoms with van der Waals surface area (Å²) in [4.78, 5) is 12.4. The van der Waals surface area contributed by atoms with E-state index in [1.54, 1.807) is 24.0 Å². The fourth-order valence-electron chi connectivity index (χ4n) is 2.37. The molecule has 2 aromatic heterocycles. The van der Waals surface area contributed by atoms with Crippen molar-refractivity contribution >= 4 is 28.6 Å². The van der Waals surface area contributed by atoms with E-state index in [9.17, 15) is 0 Å². The molecule has 3 aromatic rings.